The van der Waals surface area contributed by atoms with Crippen molar-refractivity contribution in [3.63, 3.8) is 0 Å². The molecule has 0 heterocycles. The summed E-state index contributed by atoms with van der Waals surface area (Å²) < 4.78 is 5.08. The molecule has 9 nitrogen and oxygen atoms in total. The zero-order valence-corrected chi connectivity index (χ0v) is 32.0. The first-order valence-corrected chi connectivity index (χ1v) is 19.5. The molecule has 0 amide bonds. The highest BCUT2D eigenvalue weighted by atomic mass is 16.5. The average molecular weight is 735 g/mol. The van der Waals surface area contributed by atoms with Gasteiger partial charge in [0.1, 0.15) is 12.7 Å². The third-order valence-corrected chi connectivity index (χ3v) is 11.3. The van der Waals surface area contributed by atoms with Crippen molar-refractivity contribution < 1.29 is 45.0 Å². The Labute approximate surface area is 317 Å². The van der Waals surface area contributed by atoms with E-state index in [2.05, 4.69) is 41.6 Å². The number of ether oxygens (including phenoxy) is 1. The molecule has 0 radical (unpaired) electrons. The van der Waals surface area contributed by atoms with Crippen LogP contribution in [0.5, 0.6) is 0 Å². The highest BCUT2D eigenvalue weighted by Gasteiger charge is 2.46. The van der Waals surface area contributed by atoms with Gasteiger partial charge < -0.3 is 35.4 Å². The molecule has 4 fully saturated rings. The van der Waals surface area contributed by atoms with Crippen LogP contribution in [-0.4, -0.2) is 80.2 Å². The fourth-order valence-corrected chi connectivity index (χ4v) is 8.26. The number of carbonyl (C=O) groups is 2. The molecule has 0 spiro atoms. The summed E-state index contributed by atoms with van der Waals surface area (Å²) in [5.74, 6) is 18.0. The van der Waals surface area contributed by atoms with E-state index in [0.717, 1.165) is 51.4 Å². The van der Waals surface area contributed by atoms with E-state index in [0.29, 0.717) is 49.5 Å². The number of carboxylic acid groups (broad SMARTS) is 2. The van der Waals surface area contributed by atoms with Gasteiger partial charge in [-0.1, -0.05) is 68.1 Å². The molecule has 0 saturated heterocycles. The standard InChI is InChI=1S/C22H30O5.C22H32O4/c1-3-4-5-6-15(2)20(23)8-7-18-19-12-16(9-10-27-14-22(25)26)11-17(19)13-21(18)24;1-3-4-7-15(2)20(23)11-10-18-19-13-16(8-5-6-9-22(25)26)12-17(19)14-21(18)24/h9,15,17-21,23-24H,3,6,10-14H2,1-2H3,(H,25,26);8,10-11,15,17-21,23-24H,5-7,9,12-14H2,1-2H3,(H,25,26)/b16-9+;11-10+,16-8+/t15-,17-,18+,19-,20+,21+;15?,17-,18?,19-,20+,21+/m00/s1. The monoisotopic (exact) mass is 734 g/mol. The fourth-order valence-electron chi connectivity index (χ4n) is 8.26. The van der Waals surface area contributed by atoms with Crippen LogP contribution in [0.3, 0.4) is 0 Å². The molecule has 0 aromatic carbocycles. The molecule has 4 saturated carbocycles. The van der Waals surface area contributed by atoms with Gasteiger partial charge in [-0.2, -0.15) is 0 Å². The molecule has 4 rings (SSSR count). The summed E-state index contributed by atoms with van der Waals surface area (Å²) in [4.78, 5) is 21.0. The Hall–Kier alpha value is -3.36. The van der Waals surface area contributed by atoms with Crippen molar-refractivity contribution in [1.82, 2.24) is 0 Å². The quantitative estimate of drug-likeness (QED) is 0.0739. The van der Waals surface area contributed by atoms with E-state index in [1.807, 2.05) is 39.0 Å². The highest BCUT2D eigenvalue weighted by Crippen LogP contribution is 2.51. The van der Waals surface area contributed by atoms with Gasteiger partial charge in [-0.05, 0) is 87.9 Å². The van der Waals surface area contributed by atoms with Crippen molar-refractivity contribution in [3.8, 4) is 35.5 Å². The summed E-state index contributed by atoms with van der Waals surface area (Å²) >= 11 is 0. The lowest BCUT2D eigenvalue weighted by Crippen LogP contribution is -2.19. The van der Waals surface area contributed by atoms with Crippen molar-refractivity contribution >= 4 is 11.9 Å². The highest BCUT2D eigenvalue weighted by molar-refractivity contribution is 5.68. The normalized spacial score (nSPS) is 30.8. The van der Waals surface area contributed by atoms with E-state index in [9.17, 15) is 30.0 Å². The molecule has 12 atom stereocenters. The van der Waals surface area contributed by atoms with Crippen LogP contribution in [0.15, 0.2) is 35.5 Å². The van der Waals surface area contributed by atoms with Crippen LogP contribution in [0.4, 0.5) is 0 Å². The number of unbranched alkanes of at least 4 members (excludes halogenated alkanes) is 1. The third-order valence-electron chi connectivity index (χ3n) is 11.3. The minimum atomic E-state index is -0.969. The molecule has 6 N–H and O–H groups in total. The summed E-state index contributed by atoms with van der Waals surface area (Å²) in [7, 11) is 0. The number of fused-ring (bicyclic) bond motifs is 2. The fraction of sp³-hybridized carbons (Fsp3) is 0.682. The molecule has 9 heteroatoms. The van der Waals surface area contributed by atoms with Gasteiger partial charge in [-0.15, -0.1) is 23.7 Å². The minimum Gasteiger partial charge on any atom is -0.481 e. The molecule has 4 aliphatic carbocycles. The molecule has 2 unspecified atom stereocenters. The Morgan fingerprint density at radius 3 is 2.21 bits per heavy atom. The summed E-state index contributed by atoms with van der Waals surface area (Å²) in [6.07, 6.45) is 15.1. The maximum Gasteiger partial charge on any atom is 0.329 e. The molecule has 53 heavy (non-hydrogen) atoms. The van der Waals surface area contributed by atoms with Crippen LogP contribution in [-0.2, 0) is 14.3 Å². The van der Waals surface area contributed by atoms with E-state index < -0.39 is 30.3 Å². The summed E-state index contributed by atoms with van der Waals surface area (Å²) in [6.45, 7) is 7.73. The maximum atomic E-state index is 10.6. The zero-order chi connectivity index (χ0) is 38.9. The van der Waals surface area contributed by atoms with Crippen molar-refractivity contribution in [3.05, 3.63) is 35.5 Å². The lowest BCUT2D eigenvalue weighted by molar-refractivity contribution is -0.141. The van der Waals surface area contributed by atoms with Crippen LogP contribution in [0, 0.1) is 82.9 Å². The molecule has 0 aromatic heterocycles. The maximum absolute atomic E-state index is 10.6. The van der Waals surface area contributed by atoms with Crippen LogP contribution < -0.4 is 0 Å². The number of hydrogen-bond acceptors (Lipinski definition) is 7. The number of aliphatic hydroxyl groups excluding tert-OH is 4. The van der Waals surface area contributed by atoms with E-state index in [-0.39, 0.29) is 42.8 Å². The predicted molar refractivity (Wildman–Crippen MR) is 205 cm³/mol. The Bertz CT molecular complexity index is 1480. The Balaban J connectivity index is 0.000000286. The summed E-state index contributed by atoms with van der Waals surface area (Å²) in [5.41, 5.74) is 2.65. The second-order valence-electron chi connectivity index (χ2n) is 15.4. The van der Waals surface area contributed by atoms with E-state index in [1.54, 1.807) is 6.92 Å². The van der Waals surface area contributed by atoms with Crippen LogP contribution in [0.1, 0.15) is 105 Å². The van der Waals surface area contributed by atoms with Crippen LogP contribution in [0.2, 0.25) is 0 Å². The number of rotatable bonds is 14. The van der Waals surface area contributed by atoms with Gasteiger partial charge >= 0.3 is 11.9 Å². The molecular formula is C44H62O9. The lowest BCUT2D eigenvalue weighted by Gasteiger charge is -2.19. The third kappa shape index (κ3) is 14.4. The Morgan fingerprint density at radius 2 is 1.53 bits per heavy atom. The minimum absolute atomic E-state index is 0.0173. The number of allylic oxidation sites excluding steroid dienone is 3. The van der Waals surface area contributed by atoms with Crippen molar-refractivity contribution in [1.29, 1.82) is 0 Å². The second-order valence-corrected chi connectivity index (χ2v) is 15.4. The summed E-state index contributed by atoms with van der Waals surface area (Å²) in [6, 6.07) is 0. The predicted octanol–water partition coefficient (Wildman–Crippen LogP) is 5.77. The van der Waals surface area contributed by atoms with Gasteiger partial charge in [0.05, 0.1) is 24.9 Å². The molecule has 0 bridgehead atoms. The first-order chi connectivity index (χ1) is 25.3. The van der Waals surface area contributed by atoms with E-state index >= 15 is 0 Å². The molecular weight excluding hydrogens is 672 g/mol. The van der Waals surface area contributed by atoms with Gasteiger partial charge in [0, 0.05) is 43.4 Å². The topological polar surface area (TPSA) is 165 Å². The Kier molecular flexibility index (Phi) is 18.9. The molecule has 0 aromatic rings. The summed E-state index contributed by atoms with van der Waals surface area (Å²) in [5, 5.41) is 58.6. The Morgan fingerprint density at radius 1 is 0.868 bits per heavy atom. The average Bonchev–Trinajstić information content (AvgIpc) is 3.84. The van der Waals surface area contributed by atoms with Crippen LogP contribution in [0.25, 0.3) is 0 Å². The largest absolute Gasteiger partial charge is 0.481 e. The number of aliphatic carboxylic acids is 2. The van der Waals surface area contributed by atoms with Gasteiger partial charge in [-0.3, -0.25) is 4.79 Å². The van der Waals surface area contributed by atoms with Gasteiger partial charge in [0.15, 0.2) is 0 Å². The first-order valence-electron chi connectivity index (χ1n) is 19.5. The first kappa shape index (κ1) is 44.0. The van der Waals surface area contributed by atoms with E-state index in [4.69, 9.17) is 14.9 Å². The van der Waals surface area contributed by atoms with Crippen LogP contribution >= 0.6 is 0 Å². The van der Waals surface area contributed by atoms with Gasteiger partial charge in [0.2, 0.25) is 0 Å². The van der Waals surface area contributed by atoms with Gasteiger partial charge in [0.25, 0.3) is 0 Å². The van der Waals surface area contributed by atoms with E-state index in [1.165, 1.54) is 11.1 Å². The molecule has 292 valence electrons. The van der Waals surface area contributed by atoms with Crippen molar-refractivity contribution in [2.45, 2.75) is 129 Å². The van der Waals surface area contributed by atoms with Gasteiger partial charge in [-0.25, -0.2) is 4.79 Å². The zero-order valence-electron chi connectivity index (χ0n) is 32.0. The molecule has 0 aliphatic heterocycles. The SMILES string of the molecule is CC#CCC(C)[C@H](O)/C=C/C1[C@H](O)C[C@@H]2C/C(=C\CCCC(=O)O)C[C@H]12.CCC#CC[C@H](C)[C@H](O)C#C[C@@H]1[C@H]2C/C(=C/COCC(=O)O)C[C@H]2C[C@H]1O. The molecule has 4 aliphatic rings. The lowest BCUT2D eigenvalue weighted by atomic mass is 9.89. The smallest absolute Gasteiger partial charge is 0.329 e. The number of aliphatic hydroxyl groups is 4. The van der Waals surface area contributed by atoms with Crippen molar-refractivity contribution in [2.75, 3.05) is 13.2 Å². The number of hydrogen-bond donors (Lipinski definition) is 6. The van der Waals surface area contributed by atoms with Crippen molar-refractivity contribution in [2.24, 2.45) is 47.3 Å². The number of carboxylic acids is 2. The second kappa shape index (κ2) is 22.8.